The monoisotopic (exact) mass is 443 g/mol. The van der Waals surface area contributed by atoms with Crippen LogP contribution < -0.4 is 11.3 Å². The maximum absolute atomic E-state index is 12.9. The molecule has 172 valence electrons. The zero-order valence-electron chi connectivity index (χ0n) is 22.5. The van der Waals surface area contributed by atoms with E-state index in [1.807, 2.05) is 0 Å². The van der Waals surface area contributed by atoms with Crippen LogP contribution >= 0.6 is 0 Å². The fourth-order valence-electron chi connectivity index (χ4n) is 4.75. The van der Waals surface area contributed by atoms with Crippen molar-refractivity contribution in [3.05, 3.63) is 63.1 Å². The maximum atomic E-state index is 12.9. The molecule has 8 nitrogen and oxygen atoms in total. The van der Waals surface area contributed by atoms with Crippen molar-refractivity contribution in [1.29, 1.82) is 0 Å². The van der Waals surface area contributed by atoms with E-state index in [1.165, 1.54) is 14.5 Å². The molecule has 0 spiro atoms. The van der Waals surface area contributed by atoms with E-state index >= 15 is 0 Å². The lowest BCUT2D eigenvalue weighted by Crippen LogP contribution is -2.54. The summed E-state index contributed by atoms with van der Waals surface area (Å²) in [7, 11) is 0. The van der Waals surface area contributed by atoms with Crippen LogP contribution in [0.25, 0.3) is 0 Å². The minimum Gasteiger partial charge on any atom is -0.392 e. The van der Waals surface area contributed by atoms with Gasteiger partial charge < -0.3 is 15.7 Å². The van der Waals surface area contributed by atoms with E-state index < -0.39 is 37.1 Å². The van der Waals surface area contributed by atoms with E-state index in [4.69, 9.17) is 11.2 Å². The van der Waals surface area contributed by atoms with Crippen LogP contribution in [-0.4, -0.2) is 62.5 Å². The van der Waals surface area contributed by atoms with Crippen LogP contribution in [0.2, 0.25) is 0 Å². The maximum Gasteiger partial charge on any atom is 0.315 e. The number of benzene rings is 1. The highest BCUT2D eigenvalue weighted by molar-refractivity contribution is 5.72. The molecule has 1 saturated heterocycles. The molecule has 3 N–H and O–H groups in total. The molecular formula is C24H33N5O3. The number of primary amides is 1. The number of fused-ring (bicyclic) bond motifs is 1. The molecule has 1 fully saturated rings. The normalized spacial score (nSPS) is 27.4. The van der Waals surface area contributed by atoms with Crippen LogP contribution in [0.1, 0.15) is 53.2 Å². The highest BCUT2D eigenvalue weighted by Crippen LogP contribution is 2.30. The molecule has 3 heterocycles. The van der Waals surface area contributed by atoms with E-state index in [2.05, 4.69) is 5.10 Å². The number of urea groups is 1. The van der Waals surface area contributed by atoms with Crippen molar-refractivity contribution in [2.24, 2.45) is 5.73 Å². The number of likely N-dealkylation sites (tertiary alicyclic amines) is 1. The van der Waals surface area contributed by atoms with Gasteiger partial charge in [0.05, 0.1) is 23.9 Å². The number of nitrogens with zero attached hydrogens (tertiary/aromatic N) is 4. The molecule has 2 amide bonds. The Morgan fingerprint density at radius 1 is 1.31 bits per heavy atom. The summed E-state index contributed by atoms with van der Waals surface area (Å²) < 4.78 is 35.7. The molecule has 0 aliphatic carbocycles. The second-order valence-corrected chi connectivity index (χ2v) is 8.63. The molecule has 2 aliphatic rings. The zero-order valence-corrected chi connectivity index (χ0v) is 18.5. The van der Waals surface area contributed by atoms with Gasteiger partial charge in [-0.2, -0.15) is 5.10 Å². The molecule has 32 heavy (non-hydrogen) atoms. The molecule has 3 atom stereocenters. The Bertz CT molecular complexity index is 1200. The zero-order chi connectivity index (χ0) is 26.4. The predicted molar refractivity (Wildman–Crippen MR) is 122 cm³/mol. The number of amides is 2. The Morgan fingerprint density at radius 2 is 2.06 bits per heavy atom. The third kappa shape index (κ3) is 4.71. The van der Waals surface area contributed by atoms with Gasteiger partial charge >= 0.3 is 6.03 Å². The summed E-state index contributed by atoms with van der Waals surface area (Å²) in [5, 5.41) is 15.5. The first-order valence-corrected chi connectivity index (χ1v) is 11.0. The van der Waals surface area contributed by atoms with Crippen molar-refractivity contribution in [3.8, 4) is 0 Å². The van der Waals surface area contributed by atoms with Gasteiger partial charge in [-0.05, 0) is 56.7 Å². The van der Waals surface area contributed by atoms with Crippen LogP contribution in [-0.2, 0) is 12.9 Å². The summed E-state index contributed by atoms with van der Waals surface area (Å²) >= 11 is 0. The number of hydrogen-bond acceptors (Lipinski definition) is 5. The molecule has 0 radical (unpaired) electrons. The first-order valence-electron chi connectivity index (χ1n) is 13.0. The number of aliphatic hydroxyl groups excluding tert-OH is 1. The van der Waals surface area contributed by atoms with Gasteiger partial charge in [-0.3, -0.25) is 9.69 Å². The number of rotatable bonds is 5. The van der Waals surface area contributed by atoms with Gasteiger partial charge in [0.15, 0.2) is 0 Å². The van der Waals surface area contributed by atoms with Gasteiger partial charge in [-0.1, -0.05) is 24.3 Å². The molecule has 2 aromatic rings. The van der Waals surface area contributed by atoms with Crippen LogP contribution in [0.4, 0.5) is 4.79 Å². The van der Waals surface area contributed by atoms with E-state index in [9.17, 15) is 14.7 Å². The van der Waals surface area contributed by atoms with Crippen LogP contribution in [0.5, 0.6) is 0 Å². The molecule has 4 rings (SSSR count). The SMILES string of the molecule is [2H]C1([2H])CN(C[C@@H](O)CC2C(n3nc(C)cc(C)c3=O)CCCN2C(N)=O)C([2H])([2H])c2ccccc21. The Kier molecular flexibility index (Phi) is 5.24. The Morgan fingerprint density at radius 3 is 2.81 bits per heavy atom. The number of carbonyl (C=O) groups excluding carboxylic acids is 1. The van der Waals surface area contributed by atoms with Crippen LogP contribution in [0.3, 0.4) is 0 Å². The van der Waals surface area contributed by atoms with Crippen LogP contribution in [0.15, 0.2) is 35.1 Å². The van der Waals surface area contributed by atoms with Crippen molar-refractivity contribution in [3.63, 3.8) is 0 Å². The topological polar surface area (TPSA) is 105 Å². The Balaban J connectivity index is 1.62. The highest BCUT2D eigenvalue weighted by Gasteiger charge is 2.37. The van der Waals surface area contributed by atoms with Crippen molar-refractivity contribution < 1.29 is 15.4 Å². The first-order chi connectivity index (χ1) is 16.8. The molecule has 1 aromatic heterocycles. The lowest BCUT2D eigenvalue weighted by atomic mass is 9.91. The number of aryl methyl sites for hydroxylation is 2. The highest BCUT2D eigenvalue weighted by atomic mass is 16.3. The smallest absolute Gasteiger partial charge is 0.315 e. The van der Waals surface area contributed by atoms with Gasteiger partial charge in [0.25, 0.3) is 5.56 Å². The summed E-state index contributed by atoms with van der Waals surface area (Å²) in [6, 6.07) is 6.41. The van der Waals surface area contributed by atoms with Gasteiger partial charge in [0, 0.05) is 37.2 Å². The van der Waals surface area contributed by atoms with Gasteiger partial charge in [-0.25, -0.2) is 9.48 Å². The quantitative estimate of drug-likeness (QED) is 0.733. The fourth-order valence-corrected chi connectivity index (χ4v) is 4.75. The predicted octanol–water partition coefficient (Wildman–Crippen LogP) is 1.75. The lowest BCUT2D eigenvalue weighted by Gasteiger charge is -2.42. The molecule has 1 aromatic carbocycles. The van der Waals surface area contributed by atoms with Gasteiger partial charge in [-0.15, -0.1) is 0 Å². The van der Waals surface area contributed by atoms with Crippen molar-refractivity contribution in [2.45, 2.75) is 64.2 Å². The first kappa shape index (κ1) is 17.8. The summed E-state index contributed by atoms with van der Waals surface area (Å²) in [5.41, 5.74) is 7.11. The molecular weight excluding hydrogens is 406 g/mol. The second-order valence-electron chi connectivity index (χ2n) is 8.63. The minimum absolute atomic E-state index is 0.0337. The lowest BCUT2D eigenvalue weighted by molar-refractivity contribution is 0.0426. The summed E-state index contributed by atoms with van der Waals surface area (Å²) in [5.74, 6) is 0. The molecule has 0 bridgehead atoms. The number of piperidine rings is 1. The molecule has 2 unspecified atom stereocenters. The average molecular weight is 444 g/mol. The summed E-state index contributed by atoms with van der Waals surface area (Å²) in [6.07, 6.45) is -1.70. The number of β-amino-alcohol motifs (C(OH)–C–C–N with tert-alkyl or cyclic N) is 1. The number of aromatic nitrogens is 2. The third-order valence-electron chi connectivity index (χ3n) is 6.19. The Labute approximate surface area is 194 Å². The molecule has 0 saturated carbocycles. The van der Waals surface area contributed by atoms with E-state index in [-0.39, 0.29) is 30.6 Å². The number of nitrogens with two attached hydrogens (primary N) is 1. The van der Waals surface area contributed by atoms with Gasteiger partial charge in [0.2, 0.25) is 0 Å². The summed E-state index contributed by atoms with van der Waals surface area (Å²) in [6.45, 7) is 1.47. The summed E-state index contributed by atoms with van der Waals surface area (Å²) in [4.78, 5) is 28.0. The van der Waals surface area contributed by atoms with Crippen molar-refractivity contribution >= 4 is 6.03 Å². The van der Waals surface area contributed by atoms with Crippen LogP contribution in [0, 0.1) is 13.8 Å². The second kappa shape index (κ2) is 9.42. The van der Waals surface area contributed by atoms with E-state index in [0.717, 1.165) is 0 Å². The number of aliphatic hydroxyl groups is 1. The largest absolute Gasteiger partial charge is 0.392 e. The fraction of sp³-hybridized carbons (Fsp3) is 0.542. The minimum atomic E-state index is -2.00. The standard InChI is InChI=1S/C24H33N5O3/c1-16-12-17(2)26-29(23(16)31)21-8-5-10-28(24(25)32)22(21)13-20(30)15-27-11-9-18-6-3-4-7-19(18)14-27/h3-4,6-7,12,20-22,30H,5,8-11,13-15H2,1-2H3,(H2,25,32)/t20-,21?,22?/m0/s1/i9D2,14D2. The third-order valence-corrected chi connectivity index (χ3v) is 6.19. The van der Waals surface area contributed by atoms with Crippen molar-refractivity contribution in [2.75, 3.05) is 19.6 Å². The molecule has 8 heteroatoms. The van der Waals surface area contributed by atoms with Crippen molar-refractivity contribution in [1.82, 2.24) is 19.6 Å². The average Bonchev–Trinajstić information content (AvgIpc) is 2.80. The number of hydrogen-bond donors (Lipinski definition) is 2. The number of carbonyl (C=O) groups is 1. The Hall–Kier alpha value is -2.71. The van der Waals surface area contributed by atoms with Gasteiger partial charge in [0.1, 0.15) is 0 Å². The van der Waals surface area contributed by atoms with E-state index in [0.29, 0.717) is 36.2 Å². The molecule has 2 aliphatic heterocycles. The van der Waals surface area contributed by atoms with E-state index in [1.54, 1.807) is 44.2 Å².